The Bertz CT molecular complexity index is 1080. The molecule has 1 fully saturated rings. The lowest BCUT2D eigenvalue weighted by Crippen LogP contribution is -2.44. The number of aliphatic carboxylic acids is 1. The third kappa shape index (κ3) is 5.69. The summed E-state index contributed by atoms with van der Waals surface area (Å²) < 4.78 is 53.1. The SMILES string of the molecule is Cc1cc(C)n(Cc2cccc(-c3noc(C(F)C4CNC4)n3)c2)n1.O=C(O)C(F)(F)F. The van der Waals surface area contributed by atoms with E-state index in [9.17, 15) is 17.6 Å². The second-order valence-corrected chi connectivity index (χ2v) is 7.36. The maximum absolute atomic E-state index is 14.3. The van der Waals surface area contributed by atoms with Gasteiger partial charge in [-0.3, -0.25) is 4.68 Å². The first-order valence-corrected chi connectivity index (χ1v) is 9.63. The van der Waals surface area contributed by atoms with Crippen molar-refractivity contribution in [2.24, 2.45) is 5.92 Å². The van der Waals surface area contributed by atoms with Crippen molar-refractivity contribution >= 4 is 5.97 Å². The fourth-order valence-corrected chi connectivity index (χ4v) is 3.00. The van der Waals surface area contributed by atoms with Crippen LogP contribution in [0.15, 0.2) is 34.9 Å². The van der Waals surface area contributed by atoms with Gasteiger partial charge in [0, 0.05) is 30.3 Å². The minimum atomic E-state index is -5.08. The molecule has 0 spiro atoms. The first-order valence-electron chi connectivity index (χ1n) is 9.63. The summed E-state index contributed by atoms with van der Waals surface area (Å²) in [7, 11) is 0. The summed E-state index contributed by atoms with van der Waals surface area (Å²) >= 11 is 0. The maximum Gasteiger partial charge on any atom is 0.490 e. The number of hydrogen-bond acceptors (Lipinski definition) is 6. The van der Waals surface area contributed by atoms with Gasteiger partial charge < -0.3 is 14.9 Å². The first-order chi connectivity index (χ1) is 15.0. The van der Waals surface area contributed by atoms with Gasteiger partial charge in [0.2, 0.25) is 5.82 Å². The molecule has 1 saturated heterocycles. The molecule has 0 aliphatic carbocycles. The number of nitrogens with one attached hydrogen (secondary N) is 1. The Morgan fingerprint density at radius 3 is 2.53 bits per heavy atom. The third-order valence-electron chi connectivity index (χ3n) is 4.77. The van der Waals surface area contributed by atoms with Crippen molar-refractivity contribution in [2.75, 3.05) is 13.1 Å². The van der Waals surface area contributed by atoms with E-state index in [1.54, 1.807) is 0 Å². The van der Waals surface area contributed by atoms with Gasteiger partial charge in [-0.05, 0) is 31.5 Å². The summed E-state index contributed by atoms with van der Waals surface area (Å²) in [5.74, 6) is -2.36. The van der Waals surface area contributed by atoms with Crippen molar-refractivity contribution in [3.8, 4) is 11.4 Å². The highest BCUT2D eigenvalue weighted by molar-refractivity contribution is 5.73. The summed E-state index contributed by atoms with van der Waals surface area (Å²) in [6.07, 6.45) is -6.29. The molecule has 4 rings (SSSR count). The quantitative estimate of drug-likeness (QED) is 0.568. The Balaban J connectivity index is 0.000000360. The fraction of sp³-hybridized carbons (Fsp3) is 0.400. The van der Waals surface area contributed by atoms with E-state index in [2.05, 4.69) is 20.6 Å². The van der Waals surface area contributed by atoms with Gasteiger partial charge >= 0.3 is 12.1 Å². The summed E-state index contributed by atoms with van der Waals surface area (Å²) in [6, 6.07) is 9.90. The lowest BCUT2D eigenvalue weighted by Gasteiger charge is -2.27. The number of aromatic nitrogens is 4. The topological polar surface area (TPSA) is 106 Å². The Morgan fingerprint density at radius 2 is 2.00 bits per heavy atom. The maximum atomic E-state index is 14.3. The molecule has 0 bridgehead atoms. The number of halogens is 4. The van der Waals surface area contributed by atoms with Crippen LogP contribution in [0.4, 0.5) is 17.6 Å². The van der Waals surface area contributed by atoms with E-state index < -0.39 is 18.3 Å². The van der Waals surface area contributed by atoms with Crippen molar-refractivity contribution in [2.45, 2.75) is 32.7 Å². The van der Waals surface area contributed by atoms with Gasteiger partial charge in [-0.15, -0.1) is 0 Å². The Hall–Kier alpha value is -3.28. The highest BCUT2D eigenvalue weighted by atomic mass is 19.4. The largest absolute Gasteiger partial charge is 0.490 e. The van der Waals surface area contributed by atoms with Gasteiger partial charge in [0.1, 0.15) is 0 Å². The van der Waals surface area contributed by atoms with Gasteiger partial charge in [-0.1, -0.05) is 23.4 Å². The van der Waals surface area contributed by atoms with Crippen LogP contribution in [0.5, 0.6) is 0 Å². The van der Waals surface area contributed by atoms with Crippen molar-refractivity contribution < 1.29 is 32.0 Å². The van der Waals surface area contributed by atoms with Crippen molar-refractivity contribution in [1.29, 1.82) is 0 Å². The molecule has 1 aliphatic rings. The number of carbonyl (C=O) groups is 1. The minimum Gasteiger partial charge on any atom is -0.475 e. The number of carboxylic acid groups (broad SMARTS) is 1. The Morgan fingerprint density at radius 1 is 1.31 bits per heavy atom. The van der Waals surface area contributed by atoms with Crippen LogP contribution in [-0.2, 0) is 11.3 Å². The van der Waals surface area contributed by atoms with E-state index in [1.165, 1.54) is 0 Å². The van der Waals surface area contributed by atoms with E-state index >= 15 is 0 Å². The molecule has 0 radical (unpaired) electrons. The Kier molecular flexibility index (Phi) is 6.92. The van der Waals surface area contributed by atoms with Crippen LogP contribution in [0.2, 0.25) is 0 Å². The van der Waals surface area contributed by atoms with Crippen LogP contribution in [0.25, 0.3) is 11.4 Å². The molecule has 32 heavy (non-hydrogen) atoms. The molecule has 8 nitrogen and oxygen atoms in total. The molecular formula is C20H21F4N5O3. The highest BCUT2D eigenvalue weighted by Gasteiger charge is 2.38. The van der Waals surface area contributed by atoms with Crippen LogP contribution in [0, 0.1) is 19.8 Å². The molecule has 1 aliphatic heterocycles. The molecule has 0 saturated carbocycles. The van der Waals surface area contributed by atoms with Crippen LogP contribution in [-0.4, -0.2) is 50.3 Å². The smallest absolute Gasteiger partial charge is 0.475 e. The normalized spacial score (nSPS) is 14.9. The molecule has 0 amide bonds. The van der Waals surface area contributed by atoms with E-state index in [0.29, 0.717) is 25.5 Å². The monoisotopic (exact) mass is 455 g/mol. The number of benzene rings is 1. The van der Waals surface area contributed by atoms with Crippen molar-refractivity contribution in [1.82, 2.24) is 25.2 Å². The highest BCUT2D eigenvalue weighted by Crippen LogP contribution is 2.29. The number of alkyl halides is 4. The lowest BCUT2D eigenvalue weighted by atomic mass is 9.97. The van der Waals surface area contributed by atoms with Crippen LogP contribution < -0.4 is 5.32 Å². The van der Waals surface area contributed by atoms with E-state index in [1.807, 2.05) is 48.9 Å². The predicted octanol–water partition coefficient (Wildman–Crippen LogP) is 3.46. The van der Waals surface area contributed by atoms with Crippen molar-refractivity contribution in [3.63, 3.8) is 0 Å². The summed E-state index contributed by atoms with van der Waals surface area (Å²) in [5.41, 5.74) is 4.00. The average Bonchev–Trinajstić information content (AvgIpc) is 3.27. The van der Waals surface area contributed by atoms with Gasteiger partial charge in [-0.25, -0.2) is 9.18 Å². The predicted molar refractivity (Wildman–Crippen MR) is 104 cm³/mol. The summed E-state index contributed by atoms with van der Waals surface area (Å²) in [4.78, 5) is 13.1. The van der Waals surface area contributed by atoms with E-state index in [-0.39, 0.29) is 11.8 Å². The molecule has 3 aromatic rings. The zero-order valence-corrected chi connectivity index (χ0v) is 17.2. The molecule has 172 valence electrons. The fourth-order valence-electron chi connectivity index (χ4n) is 3.00. The molecule has 1 atom stereocenters. The number of hydrogen-bond donors (Lipinski definition) is 2. The molecule has 2 N–H and O–H groups in total. The third-order valence-corrected chi connectivity index (χ3v) is 4.77. The zero-order valence-electron chi connectivity index (χ0n) is 17.2. The summed E-state index contributed by atoms with van der Waals surface area (Å²) in [5, 5.41) is 18.6. The molecule has 2 aromatic heterocycles. The zero-order chi connectivity index (χ0) is 23.5. The van der Waals surface area contributed by atoms with Crippen LogP contribution >= 0.6 is 0 Å². The molecule has 3 heterocycles. The standard InChI is InChI=1S/C18H20FN5O.C2HF3O2/c1-11-6-12(2)24(22-11)10-13-4-3-5-14(7-13)17-21-18(25-23-17)16(19)15-8-20-9-15;3-2(4,5)1(6)7/h3-7,15-16,20H,8-10H2,1-2H3;(H,6,7). The number of aryl methyl sites for hydroxylation is 2. The average molecular weight is 455 g/mol. The lowest BCUT2D eigenvalue weighted by molar-refractivity contribution is -0.192. The Labute approximate surface area is 180 Å². The molecule has 12 heteroatoms. The second-order valence-electron chi connectivity index (χ2n) is 7.36. The molecule has 1 aromatic carbocycles. The minimum absolute atomic E-state index is 0.0606. The van der Waals surface area contributed by atoms with Crippen LogP contribution in [0.3, 0.4) is 0 Å². The van der Waals surface area contributed by atoms with Crippen LogP contribution in [0.1, 0.15) is 29.0 Å². The first kappa shape index (κ1) is 23.4. The number of rotatable bonds is 5. The number of nitrogens with zero attached hydrogens (tertiary/aromatic N) is 4. The number of carboxylic acids is 1. The van der Waals surface area contributed by atoms with Crippen molar-refractivity contribution in [3.05, 3.63) is 53.2 Å². The van der Waals surface area contributed by atoms with E-state index in [0.717, 1.165) is 22.5 Å². The summed E-state index contributed by atoms with van der Waals surface area (Å²) in [6.45, 7) is 5.98. The van der Waals surface area contributed by atoms with E-state index in [4.69, 9.17) is 14.4 Å². The molecule has 1 unspecified atom stereocenters. The molecular weight excluding hydrogens is 434 g/mol. The van der Waals surface area contributed by atoms with Gasteiger partial charge in [0.05, 0.1) is 12.2 Å². The second kappa shape index (κ2) is 9.47. The van der Waals surface area contributed by atoms with Gasteiger partial charge in [0.15, 0.2) is 6.17 Å². The van der Waals surface area contributed by atoms with Gasteiger partial charge in [-0.2, -0.15) is 23.3 Å². The van der Waals surface area contributed by atoms with Gasteiger partial charge in [0.25, 0.3) is 5.89 Å².